The second-order valence-electron chi connectivity index (χ2n) is 5.03. The van der Waals surface area contributed by atoms with E-state index < -0.39 is 53.1 Å². The first-order valence-corrected chi connectivity index (χ1v) is 6.81. The molecule has 0 N–H and O–H groups in total. The molecule has 0 aliphatic carbocycles. The minimum Gasteiger partial charge on any atom is -0.465 e. The number of Topliss-reactive ketones (excluding diaryl/α,β-unsaturated/α-hetero) is 1. The highest BCUT2D eigenvalue weighted by molar-refractivity contribution is 5.98. The van der Waals surface area contributed by atoms with Gasteiger partial charge in [-0.3, -0.25) is 9.59 Å². The molecule has 1 rings (SSSR count). The number of rotatable bonds is 5. The molecule has 0 saturated heterocycles. The van der Waals surface area contributed by atoms with Crippen molar-refractivity contribution in [2.24, 2.45) is 5.92 Å². The van der Waals surface area contributed by atoms with E-state index in [4.69, 9.17) is 0 Å². The molecule has 9 heteroatoms. The van der Waals surface area contributed by atoms with Gasteiger partial charge in [-0.15, -0.1) is 0 Å². The third-order valence-electron chi connectivity index (χ3n) is 3.15. The zero-order chi connectivity index (χ0) is 18.7. The van der Waals surface area contributed by atoms with Gasteiger partial charge in [-0.1, -0.05) is 0 Å². The zero-order valence-electron chi connectivity index (χ0n) is 12.7. The maximum atomic E-state index is 12.8. The second-order valence-corrected chi connectivity index (χ2v) is 5.03. The van der Waals surface area contributed by atoms with Crippen LogP contribution in [0, 0.1) is 5.92 Å². The van der Waals surface area contributed by atoms with Crippen molar-refractivity contribution >= 4 is 11.8 Å². The smallest absolute Gasteiger partial charge is 0.416 e. The number of ketones is 1. The minimum atomic E-state index is -4.99. The molecule has 1 atom stereocenters. The van der Waals surface area contributed by atoms with Crippen LogP contribution in [-0.2, 0) is 33.1 Å². The molecule has 0 aliphatic rings. The predicted molar refractivity (Wildman–Crippen MR) is 71.0 cm³/mol. The Hall–Kier alpha value is -2.06. The Morgan fingerprint density at radius 1 is 1.00 bits per heavy atom. The maximum absolute atomic E-state index is 12.8. The summed E-state index contributed by atoms with van der Waals surface area (Å²) in [5.74, 6) is -3.16. The fourth-order valence-electron chi connectivity index (χ4n) is 2.01. The van der Waals surface area contributed by atoms with E-state index in [-0.39, 0.29) is 12.7 Å². The number of carbonyl (C=O) groups excluding carboxylic acids is 2. The van der Waals surface area contributed by atoms with Crippen LogP contribution in [0.1, 0.15) is 30.5 Å². The molecule has 0 amide bonds. The lowest BCUT2D eigenvalue weighted by atomic mass is 9.93. The van der Waals surface area contributed by atoms with E-state index in [0.717, 1.165) is 6.92 Å². The number of esters is 1. The Morgan fingerprint density at radius 3 is 1.79 bits per heavy atom. The second kappa shape index (κ2) is 7.23. The van der Waals surface area contributed by atoms with E-state index in [0.29, 0.717) is 12.1 Å². The molecule has 0 bridgehead atoms. The normalized spacial score (nSPS) is 13.5. The molecular weight excluding hydrogens is 342 g/mol. The number of ether oxygens (including phenoxy) is 1. The Morgan fingerprint density at radius 2 is 1.46 bits per heavy atom. The van der Waals surface area contributed by atoms with E-state index in [9.17, 15) is 35.9 Å². The summed E-state index contributed by atoms with van der Waals surface area (Å²) in [7, 11) is 0. The molecule has 0 saturated carbocycles. The Kier molecular flexibility index (Phi) is 6.02. The molecular formula is C15H14F6O3. The third-order valence-corrected chi connectivity index (χ3v) is 3.15. The van der Waals surface area contributed by atoms with Crippen LogP contribution in [0.3, 0.4) is 0 Å². The summed E-state index contributed by atoms with van der Waals surface area (Å²) in [6.45, 7) is 2.40. The fourth-order valence-corrected chi connectivity index (χ4v) is 2.01. The van der Waals surface area contributed by atoms with Gasteiger partial charge < -0.3 is 4.74 Å². The van der Waals surface area contributed by atoms with Crippen LogP contribution in [0.25, 0.3) is 0 Å². The van der Waals surface area contributed by atoms with Crippen molar-refractivity contribution in [2.75, 3.05) is 6.61 Å². The van der Waals surface area contributed by atoms with Gasteiger partial charge in [0.05, 0.1) is 17.7 Å². The number of benzene rings is 1. The topological polar surface area (TPSA) is 43.4 Å². The highest BCUT2D eigenvalue weighted by Gasteiger charge is 2.37. The van der Waals surface area contributed by atoms with Crippen molar-refractivity contribution in [2.45, 2.75) is 32.6 Å². The first-order valence-electron chi connectivity index (χ1n) is 6.81. The largest absolute Gasteiger partial charge is 0.465 e. The third kappa shape index (κ3) is 5.24. The molecule has 1 aromatic carbocycles. The summed E-state index contributed by atoms with van der Waals surface area (Å²) in [6, 6.07) is 0.964. The molecule has 1 aromatic rings. The molecule has 0 aliphatic heterocycles. The molecule has 0 radical (unpaired) electrons. The van der Waals surface area contributed by atoms with E-state index in [1.54, 1.807) is 0 Å². The number of halogens is 6. The molecule has 0 fully saturated rings. The van der Waals surface area contributed by atoms with Crippen molar-refractivity contribution in [3.05, 3.63) is 34.9 Å². The lowest BCUT2D eigenvalue weighted by Gasteiger charge is -2.17. The van der Waals surface area contributed by atoms with Gasteiger partial charge >= 0.3 is 18.3 Å². The lowest BCUT2D eigenvalue weighted by Crippen LogP contribution is -2.26. The Balaban J connectivity index is 3.31. The van der Waals surface area contributed by atoms with Gasteiger partial charge in [0.2, 0.25) is 0 Å². The summed E-state index contributed by atoms with van der Waals surface area (Å²) in [5.41, 5.74) is -3.43. The average Bonchev–Trinajstić information content (AvgIpc) is 2.42. The number of alkyl halides is 6. The van der Waals surface area contributed by atoms with Crippen molar-refractivity contribution < 1.29 is 40.7 Å². The molecule has 0 aromatic heterocycles. The quantitative estimate of drug-likeness (QED) is 0.454. The molecule has 0 heterocycles. The Bertz CT molecular complexity index is 586. The van der Waals surface area contributed by atoms with Crippen LogP contribution in [0.5, 0.6) is 0 Å². The zero-order valence-corrected chi connectivity index (χ0v) is 12.7. The van der Waals surface area contributed by atoms with Crippen molar-refractivity contribution in [1.29, 1.82) is 0 Å². The summed E-state index contributed by atoms with van der Waals surface area (Å²) in [4.78, 5) is 23.1. The molecule has 24 heavy (non-hydrogen) atoms. The molecule has 3 nitrogen and oxygen atoms in total. The van der Waals surface area contributed by atoms with Crippen LogP contribution in [-0.4, -0.2) is 18.4 Å². The predicted octanol–water partition coefficient (Wildman–Crippen LogP) is 4.04. The van der Waals surface area contributed by atoms with Crippen LogP contribution < -0.4 is 0 Å². The van der Waals surface area contributed by atoms with Crippen LogP contribution in [0.4, 0.5) is 26.3 Å². The maximum Gasteiger partial charge on any atom is 0.416 e. The van der Waals surface area contributed by atoms with Crippen LogP contribution in [0.15, 0.2) is 18.2 Å². The number of hydrogen-bond donors (Lipinski definition) is 0. The summed E-state index contributed by atoms with van der Waals surface area (Å²) in [6.07, 6.45) is -10.6. The highest BCUT2D eigenvalue weighted by atomic mass is 19.4. The first-order chi connectivity index (χ1) is 10.9. The Labute approximate surface area is 133 Å². The van der Waals surface area contributed by atoms with Crippen molar-refractivity contribution in [3.63, 3.8) is 0 Å². The average molecular weight is 356 g/mol. The van der Waals surface area contributed by atoms with E-state index in [1.165, 1.54) is 6.92 Å². The molecule has 0 spiro atoms. The highest BCUT2D eigenvalue weighted by Crippen LogP contribution is 2.36. The van der Waals surface area contributed by atoms with Crippen LogP contribution in [0.2, 0.25) is 0 Å². The van der Waals surface area contributed by atoms with E-state index >= 15 is 0 Å². The molecule has 1 unspecified atom stereocenters. The van der Waals surface area contributed by atoms with Gasteiger partial charge in [-0.2, -0.15) is 26.3 Å². The number of hydrogen-bond acceptors (Lipinski definition) is 3. The number of carbonyl (C=O) groups is 2. The monoisotopic (exact) mass is 356 g/mol. The summed E-state index contributed by atoms with van der Waals surface area (Å²) >= 11 is 0. The van der Waals surface area contributed by atoms with Gasteiger partial charge in [0.1, 0.15) is 11.7 Å². The minimum absolute atomic E-state index is 0.0172. The summed E-state index contributed by atoms with van der Waals surface area (Å²) < 4.78 is 81.3. The summed E-state index contributed by atoms with van der Waals surface area (Å²) in [5, 5.41) is 0. The lowest BCUT2D eigenvalue weighted by molar-refractivity contribution is -0.151. The molecule has 134 valence electrons. The SMILES string of the molecule is CCOC(=O)C(Cc1cc(C(F)(F)F)cc(C(F)(F)F)c1)C(C)=O. The van der Waals surface area contributed by atoms with Gasteiger partial charge in [0.25, 0.3) is 0 Å². The first kappa shape index (κ1) is 20.0. The van der Waals surface area contributed by atoms with Gasteiger partial charge in [0, 0.05) is 0 Å². The van der Waals surface area contributed by atoms with Crippen molar-refractivity contribution in [3.8, 4) is 0 Å². The van der Waals surface area contributed by atoms with Gasteiger partial charge in [-0.25, -0.2) is 0 Å². The van der Waals surface area contributed by atoms with Crippen LogP contribution >= 0.6 is 0 Å². The van der Waals surface area contributed by atoms with E-state index in [1.807, 2.05) is 0 Å². The standard InChI is InChI=1S/C15H14F6O3/c1-3-24-13(23)12(8(2)22)6-9-4-10(14(16,17)18)7-11(5-9)15(19,20)21/h4-5,7,12H,3,6H2,1-2H3. The van der Waals surface area contributed by atoms with Gasteiger partial charge in [0.15, 0.2) is 0 Å². The van der Waals surface area contributed by atoms with E-state index in [2.05, 4.69) is 4.74 Å². The van der Waals surface area contributed by atoms with Crippen molar-refractivity contribution in [1.82, 2.24) is 0 Å². The van der Waals surface area contributed by atoms with Gasteiger partial charge in [-0.05, 0) is 44.0 Å². The fraction of sp³-hybridized carbons (Fsp3) is 0.467.